The lowest BCUT2D eigenvalue weighted by Crippen LogP contribution is -2.60. The Morgan fingerprint density at radius 2 is 1.13 bits per heavy atom. The summed E-state index contributed by atoms with van der Waals surface area (Å²) in [5, 5.41) is 30.8. The Bertz CT molecular complexity index is 1100. The molecule has 53 heavy (non-hydrogen) atoms. The van der Waals surface area contributed by atoms with Crippen LogP contribution in [0, 0.1) is 0 Å². The van der Waals surface area contributed by atoms with Crippen molar-refractivity contribution >= 4 is 22.1 Å². The predicted molar refractivity (Wildman–Crippen MR) is 206 cm³/mol. The van der Waals surface area contributed by atoms with Crippen molar-refractivity contribution in [3.8, 4) is 0 Å². The number of allylic oxidation sites excluding steroid dienone is 4. The lowest BCUT2D eigenvalue weighted by atomic mass is 10.00. The van der Waals surface area contributed by atoms with E-state index in [0.29, 0.717) is 12.8 Å². The van der Waals surface area contributed by atoms with Gasteiger partial charge in [-0.3, -0.25) is 14.1 Å². The van der Waals surface area contributed by atoms with Gasteiger partial charge in [0.15, 0.2) is 12.4 Å². The number of carbonyl (C=O) groups excluding carboxylic acids is 2. The summed E-state index contributed by atoms with van der Waals surface area (Å²) in [6, 6.07) is 0. The molecule has 1 aliphatic rings. The number of hydrogen-bond donors (Lipinski definition) is 4. The molecule has 0 bridgehead atoms. The van der Waals surface area contributed by atoms with Crippen molar-refractivity contribution in [1.29, 1.82) is 0 Å². The standard InChI is InChI=1S/C40H72O12S/c1-3-5-7-9-11-13-15-16-17-18-19-21-23-25-27-29-36(42)51-33(30-49-35(41)28-26-24-22-20-14-12-10-8-6-4-2)31-50-40-39(45)38(44)37(43)34(52-40)32-53(46,47)48/h11,13,16-17,33-34,37-40,43-45H,3-10,12,14-15,18-32H2,1-2H3,(H,46,47,48)/b13-11-,17-16-. The van der Waals surface area contributed by atoms with E-state index in [2.05, 4.69) is 38.2 Å². The van der Waals surface area contributed by atoms with Gasteiger partial charge in [-0.25, -0.2) is 0 Å². The lowest BCUT2D eigenvalue weighted by molar-refractivity contribution is -0.297. The number of ether oxygens (including phenoxy) is 4. The molecule has 0 aromatic rings. The van der Waals surface area contributed by atoms with Gasteiger partial charge in [0, 0.05) is 12.8 Å². The minimum atomic E-state index is -4.60. The molecule has 4 N–H and O–H groups in total. The topological polar surface area (TPSA) is 186 Å². The average molecular weight is 777 g/mol. The van der Waals surface area contributed by atoms with Gasteiger partial charge in [-0.2, -0.15) is 8.42 Å². The quantitative estimate of drug-likeness (QED) is 0.0226. The summed E-state index contributed by atoms with van der Waals surface area (Å²) in [4.78, 5) is 25.2. The number of unbranched alkanes of at least 4 members (excludes halogenated alkanes) is 17. The van der Waals surface area contributed by atoms with E-state index in [1.165, 1.54) is 57.8 Å². The molecule has 0 amide bonds. The molecule has 1 rings (SSSR count). The van der Waals surface area contributed by atoms with Crippen LogP contribution < -0.4 is 0 Å². The van der Waals surface area contributed by atoms with Crippen LogP contribution in [-0.2, 0) is 38.7 Å². The first-order valence-electron chi connectivity index (χ1n) is 20.4. The van der Waals surface area contributed by atoms with Crippen LogP contribution in [0.25, 0.3) is 0 Å². The molecular formula is C40H72O12S. The van der Waals surface area contributed by atoms with E-state index < -0.39 is 71.2 Å². The zero-order valence-electron chi connectivity index (χ0n) is 32.6. The van der Waals surface area contributed by atoms with E-state index in [4.69, 9.17) is 18.9 Å². The molecule has 0 aliphatic carbocycles. The summed E-state index contributed by atoms with van der Waals surface area (Å²) >= 11 is 0. The van der Waals surface area contributed by atoms with Gasteiger partial charge in [0.25, 0.3) is 10.1 Å². The molecule has 0 saturated carbocycles. The van der Waals surface area contributed by atoms with Crippen LogP contribution in [0.15, 0.2) is 24.3 Å². The minimum Gasteiger partial charge on any atom is -0.462 e. The van der Waals surface area contributed by atoms with Crippen LogP contribution >= 0.6 is 0 Å². The van der Waals surface area contributed by atoms with E-state index in [1.807, 2.05) is 0 Å². The smallest absolute Gasteiger partial charge is 0.306 e. The van der Waals surface area contributed by atoms with Gasteiger partial charge in [-0.05, 0) is 44.9 Å². The van der Waals surface area contributed by atoms with E-state index in [9.17, 15) is 37.9 Å². The SMILES string of the molecule is CCCCC/C=C\C/C=C\CCCCCCCC(=O)OC(COC(=O)CCCCCCCCCCCC)COC1OC(CS(=O)(=O)O)C(O)C(O)C1O. The zero-order valence-corrected chi connectivity index (χ0v) is 33.4. The minimum absolute atomic E-state index is 0.150. The second-order valence-electron chi connectivity index (χ2n) is 14.3. The molecule has 0 aromatic heterocycles. The monoisotopic (exact) mass is 776 g/mol. The summed E-state index contributed by atoms with van der Waals surface area (Å²) in [6.07, 6.45) is 22.3. The molecule has 13 heteroatoms. The van der Waals surface area contributed by atoms with Crippen LogP contribution in [0.1, 0.15) is 162 Å². The highest BCUT2D eigenvalue weighted by atomic mass is 32.2. The fourth-order valence-corrected chi connectivity index (χ4v) is 6.75. The normalized spacial score (nSPS) is 21.4. The molecule has 6 unspecified atom stereocenters. The van der Waals surface area contributed by atoms with Crippen molar-refractivity contribution in [2.45, 2.75) is 198 Å². The number of aliphatic hydroxyl groups excluding tert-OH is 3. The Kier molecular flexibility index (Phi) is 29.1. The summed E-state index contributed by atoms with van der Waals surface area (Å²) in [6.45, 7) is 3.68. The highest BCUT2D eigenvalue weighted by Crippen LogP contribution is 2.24. The molecule has 12 nitrogen and oxygen atoms in total. The van der Waals surface area contributed by atoms with Gasteiger partial charge >= 0.3 is 11.9 Å². The number of rotatable bonds is 33. The average Bonchev–Trinajstić information content (AvgIpc) is 3.12. The van der Waals surface area contributed by atoms with Crippen LogP contribution in [0.4, 0.5) is 0 Å². The van der Waals surface area contributed by atoms with Crippen molar-refractivity contribution in [3.05, 3.63) is 24.3 Å². The Hall–Kier alpha value is -1.87. The summed E-state index contributed by atoms with van der Waals surface area (Å²) in [5.74, 6) is -2.00. The van der Waals surface area contributed by atoms with Gasteiger partial charge in [0.05, 0.1) is 6.61 Å². The fraction of sp³-hybridized carbons (Fsp3) is 0.850. The first-order chi connectivity index (χ1) is 25.5. The first-order valence-corrected chi connectivity index (χ1v) is 22.0. The van der Waals surface area contributed by atoms with Crippen molar-refractivity contribution in [3.63, 3.8) is 0 Å². The Morgan fingerprint density at radius 3 is 1.70 bits per heavy atom. The second-order valence-corrected chi connectivity index (χ2v) is 15.8. The van der Waals surface area contributed by atoms with Gasteiger partial charge < -0.3 is 34.3 Å². The third-order valence-corrected chi connectivity index (χ3v) is 10.0. The van der Waals surface area contributed by atoms with Crippen molar-refractivity contribution in [1.82, 2.24) is 0 Å². The van der Waals surface area contributed by atoms with Gasteiger partial charge in [0.1, 0.15) is 36.8 Å². The maximum Gasteiger partial charge on any atom is 0.306 e. The second kappa shape index (κ2) is 31.3. The number of hydrogen-bond acceptors (Lipinski definition) is 11. The molecular weight excluding hydrogens is 704 g/mol. The molecule has 1 heterocycles. The predicted octanol–water partition coefficient (Wildman–Crippen LogP) is 7.28. The summed E-state index contributed by atoms with van der Waals surface area (Å²) < 4.78 is 53.8. The Balaban J connectivity index is 2.51. The van der Waals surface area contributed by atoms with E-state index in [0.717, 1.165) is 64.2 Å². The van der Waals surface area contributed by atoms with Crippen molar-refractivity contribution in [2.24, 2.45) is 0 Å². The van der Waals surface area contributed by atoms with E-state index in [1.54, 1.807) is 0 Å². The largest absolute Gasteiger partial charge is 0.462 e. The van der Waals surface area contributed by atoms with Gasteiger partial charge in [-0.15, -0.1) is 0 Å². The molecule has 1 aliphatic heterocycles. The lowest BCUT2D eigenvalue weighted by Gasteiger charge is -2.40. The number of aliphatic hydroxyl groups is 3. The molecule has 0 radical (unpaired) electrons. The third kappa shape index (κ3) is 26.6. The van der Waals surface area contributed by atoms with Gasteiger partial charge in [-0.1, -0.05) is 128 Å². The molecule has 6 atom stereocenters. The first kappa shape index (κ1) is 49.1. The molecule has 0 spiro atoms. The highest BCUT2D eigenvalue weighted by molar-refractivity contribution is 7.85. The van der Waals surface area contributed by atoms with Gasteiger partial charge in [0.2, 0.25) is 0 Å². The third-order valence-electron chi connectivity index (χ3n) is 9.28. The molecule has 1 saturated heterocycles. The zero-order chi connectivity index (χ0) is 39.2. The van der Waals surface area contributed by atoms with Crippen LogP contribution in [-0.4, -0.2) is 96.0 Å². The van der Waals surface area contributed by atoms with E-state index >= 15 is 0 Å². The maximum absolute atomic E-state index is 12.7. The fourth-order valence-electron chi connectivity index (χ4n) is 6.06. The summed E-state index contributed by atoms with van der Waals surface area (Å²) in [5.41, 5.74) is 0. The maximum atomic E-state index is 12.7. The Morgan fingerprint density at radius 1 is 0.642 bits per heavy atom. The molecule has 0 aromatic carbocycles. The molecule has 310 valence electrons. The van der Waals surface area contributed by atoms with E-state index in [-0.39, 0.29) is 19.4 Å². The van der Waals surface area contributed by atoms with Crippen LogP contribution in [0.2, 0.25) is 0 Å². The van der Waals surface area contributed by atoms with Crippen molar-refractivity contribution < 1.29 is 56.8 Å². The number of esters is 2. The van der Waals surface area contributed by atoms with Crippen LogP contribution in [0.3, 0.4) is 0 Å². The Labute approximate surface area is 319 Å². The number of carbonyl (C=O) groups is 2. The summed E-state index contributed by atoms with van der Waals surface area (Å²) in [7, 11) is -4.60. The highest BCUT2D eigenvalue weighted by Gasteiger charge is 2.46. The van der Waals surface area contributed by atoms with Crippen molar-refractivity contribution in [2.75, 3.05) is 19.0 Å². The van der Waals surface area contributed by atoms with Crippen LogP contribution in [0.5, 0.6) is 0 Å². The molecule has 1 fully saturated rings.